The normalized spacial score (nSPS) is 14.4. The van der Waals surface area contributed by atoms with Crippen molar-refractivity contribution in [1.29, 1.82) is 5.26 Å². The second-order valence-electron chi connectivity index (χ2n) is 6.33. The number of carbonyl (C=O) groups excluding carboxylic acids is 1. The topological polar surface area (TPSA) is 69.5 Å². The number of halogens is 1. The van der Waals surface area contributed by atoms with Crippen LogP contribution in [-0.2, 0) is 17.6 Å². The van der Waals surface area contributed by atoms with E-state index >= 15 is 0 Å². The number of hydrogen-bond donors (Lipinski definition) is 2. The lowest BCUT2D eigenvalue weighted by atomic mass is 9.96. The third kappa shape index (κ3) is 4.04. The van der Waals surface area contributed by atoms with Crippen LogP contribution in [0.2, 0.25) is 5.02 Å². The maximum absolute atomic E-state index is 12.3. The van der Waals surface area contributed by atoms with E-state index in [9.17, 15) is 10.1 Å². The number of amides is 1. The van der Waals surface area contributed by atoms with Crippen molar-refractivity contribution in [2.24, 2.45) is 0 Å². The lowest BCUT2D eigenvalue weighted by Crippen LogP contribution is -2.86. The van der Waals surface area contributed by atoms with E-state index in [0.29, 0.717) is 22.1 Å². The molecule has 0 fully saturated rings. The molecular formula is C19H21ClN3OS+. The number of nitriles is 1. The lowest BCUT2D eigenvalue weighted by Gasteiger charge is -2.12. The maximum atomic E-state index is 12.3. The molecule has 0 saturated carbocycles. The number of thiophene rings is 1. The van der Waals surface area contributed by atoms with E-state index < -0.39 is 0 Å². The summed E-state index contributed by atoms with van der Waals surface area (Å²) in [6.45, 7) is 2.32. The molecule has 0 spiro atoms. The summed E-state index contributed by atoms with van der Waals surface area (Å²) in [5.74, 6) is -0.0889. The fourth-order valence-electron chi connectivity index (χ4n) is 3.21. The van der Waals surface area contributed by atoms with Crippen LogP contribution in [0.1, 0.15) is 47.4 Å². The van der Waals surface area contributed by atoms with Crippen LogP contribution in [0.4, 0.5) is 5.00 Å². The Morgan fingerprint density at radius 1 is 1.40 bits per heavy atom. The van der Waals surface area contributed by atoms with Crippen molar-refractivity contribution in [3.8, 4) is 6.07 Å². The molecule has 130 valence electrons. The molecule has 1 heterocycles. The molecule has 3 rings (SSSR count). The quantitative estimate of drug-likeness (QED) is 0.841. The van der Waals surface area contributed by atoms with Gasteiger partial charge in [-0.3, -0.25) is 4.79 Å². The highest BCUT2D eigenvalue weighted by molar-refractivity contribution is 7.16. The minimum Gasteiger partial charge on any atom is -0.332 e. The van der Waals surface area contributed by atoms with Crippen LogP contribution in [0.5, 0.6) is 0 Å². The molecule has 25 heavy (non-hydrogen) atoms. The van der Waals surface area contributed by atoms with Crippen LogP contribution in [0.25, 0.3) is 0 Å². The molecule has 0 unspecified atom stereocenters. The third-order valence-corrected chi connectivity index (χ3v) is 6.14. The molecule has 1 aromatic heterocycles. The highest BCUT2D eigenvalue weighted by Crippen LogP contribution is 2.37. The number of carbonyl (C=O) groups is 1. The fourth-order valence-corrected chi connectivity index (χ4v) is 4.77. The summed E-state index contributed by atoms with van der Waals surface area (Å²) in [5.41, 5.74) is 2.82. The standard InChI is InChI=1S/C19H20ClN3OS/c1-12(13-6-2-4-8-16(13)20)22-11-18(24)23-19-15(10-21)14-7-3-5-9-17(14)25-19/h2,4,6,8,12,22H,3,5,7,9,11H2,1H3,(H,23,24)/p+1/t12-/m1/s1. The second-order valence-corrected chi connectivity index (χ2v) is 7.84. The van der Waals surface area contributed by atoms with Crippen molar-refractivity contribution in [1.82, 2.24) is 0 Å². The Morgan fingerprint density at radius 2 is 2.16 bits per heavy atom. The van der Waals surface area contributed by atoms with Gasteiger partial charge in [-0.2, -0.15) is 5.26 Å². The Bertz CT molecular complexity index is 825. The monoisotopic (exact) mass is 374 g/mol. The van der Waals surface area contributed by atoms with Crippen molar-refractivity contribution in [2.75, 3.05) is 11.9 Å². The molecule has 1 amide bonds. The predicted octanol–water partition coefficient (Wildman–Crippen LogP) is 3.42. The number of aryl methyl sites for hydroxylation is 1. The fraction of sp³-hybridized carbons (Fsp3) is 0.368. The van der Waals surface area contributed by atoms with Gasteiger partial charge in [0.1, 0.15) is 17.1 Å². The van der Waals surface area contributed by atoms with Crippen molar-refractivity contribution in [3.05, 3.63) is 50.9 Å². The molecule has 1 atom stereocenters. The molecule has 1 aliphatic rings. The number of hydrogen-bond acceptors (Lipinski definition) is 3. The van der Waals surface area contributed by atoms with E-state index in [1.165, 1.54) is 4.88 Å². The zero-order valence-electron chi connectivity index (χ0n) is 14.1. The number of quaternary nitrogens is 1. The Kier molecular flexibility index (Phi) is 5.74. The minimum absolute atomic E-state index is 0.0889. The highest BCUT2D eigenvalue weighted by Gasteiger charge is 2.22. The molecule has 0 saturated heterocycles. The van der Waals surface area contributed by atoms with Gasteiger partial charge in [0, 0.05) is 15.5 Å². The summed E-state index contributed by atoms with van der Waals surface area (Å²) in [5, 5.41) is 15.8. The average Bonchev–Trinajstić information content (AvgIpc) is 2.97. The van der Waals surface area contributed by atoms with Gasteiger partial charge in [-0.05, 0) is 44.2 Å². The van der Waals surface area contributed by atoms with E-state index in [1.807, 2.05) is 36.5 Å². The van der Waals surface area contributed by atoms with Crippen molar-refractivity contribution in [2.45, 2.75) is 38.6 Å². The van der Waals surface area contributed by atoms with E-state index in [4.69, 9.17) is 11.6 Å². The Hall–Kier alpha value is -1.87. The van der Waals surface area contributed by atoms with Crippen LogP contribution in [0.3, 0.4) is 0 Å². The smallest absolute Gasteiger partial charge is 0.280 e. The Labute approximate surface area is 156 Å². The zero-order valence-corrected chi connectivity index (χ0v) is 15.7. The van der Waals surface area contributed by atoms with E-state index in [2.05, 4.69) is 11.4 Å². The number of rotatable bonds is 5. The first-order valence-corrected chi connectivity index (χ1v) is 9.72. The van der Waals surface area contributed by atoms with Crippen LogP contribution in [0.15, 0.2) is 24.3 Å². The first kappa shape index (κ1) is 17.9. The van der Waals surface area contributed by atoms with Gasteiger partial charge in [0.15, 0.2) is 6.54 Å². The summed E-state index contributed by atoms with van der Waals surface area (Å²) in [4.78, 5) is 13.6. The van der Waals surface area contributed by atoms with Crippen molar-refractivity contribution in [3.63, 3.8) is 0 Å². The summed E-state index contributed by atoms with van der Waals surface area (Å²) in [6.07, 6.45) is 4.24. The largest absolute Gasteiger partial charge is 0.332 e. The minimum atomic E-state index is -0.0889. The van der Waals surface area contributed by atoms with Gasteiger partial charge in [-0.1, -0.05) is 29.8 Å². The van der Waals surface area contributed by atoms with Crippen LogP contribution >= 0.6 is 22.9 Å². The number of nitrogens with two attached hydrogens (primary N) is 1. The molecule has 1 aliphatic carbocycles. The number of fused-ring (bicyclic) bond motifs is 1. The maximum Gasteiger partial charge on any atom is 0.280 e. The van der Waals surface area contributed by atoms with Gasteiger partial charge in [0.05, 0.1) is 5.56 Å². The number of benzene rings is 1. The Balaban J connectivity index is 1.63. The van der Waals surface area contributed by atoms with Gasteiger partial charge in [-0.25, -0.2) is 0 Å². The van der Waals surface area contributed by atoms with E-state index in [0.717, 1.165) is 36.8 Å². The molecule has 0 aliphatic heterocycles. The van der Waals surface area contributed by atoms with Gasteiger partial charge in [0.25, 0.3) is 5.91 Å². The summed E-state index contributed by atoms with van der Waals surface area (Å²) in [7, 11) is 0. The van der Waals surface area contributed by atoms with Crippen molar-refractivity contribution >= 4 is 33.8 Å². The average molecular weight is 375 g/mol. The SMILES string of the molecule is C[C@@H]([NH2+]CC(=O)Nc1sc2c(c1C#N)CCCC2)c1ccccc1Cl. The molecular weight excluding hydrogens is 354 g/mol. The summed E-state index contributed by atoms with van der Waals surface area (Å²) >= 11 is 7.77. The molecule has 2 aromatic rings. The van der Waals surface area contributed by atoms with Gasteiger partial charge < -0.3 is 10.6 Å². The van der Waals surface area contributed by atoms with Gasteiger partial charge in [-0.15, -0.1) is 11.3 Å². The van der Waals surface area contributed by atoms with Crippen molar-refractivity contribution < 1.29 is 10.1 Å². The third-order valence-electron chi connectivity index (χ3n) is 4.59. The summed E-state index contributed by atoms with van der Waals surface area (Å²) in [6, 6.07) is 10.0. The van der Waals surface area contributed by atoms with Gasteiger partial charge in [0.2, 0.25) is 0 Å². The molecule has 1 aromatic carbocycles. The first-order chi connectivity index (χ1) is 12.1. The summed E-state index contributed by atoms with van der Waals surface area (Å²) < 4.78 is 0. The molecule has 0 radical (unpaired) electrons. The molecule has 6 heteroatoms. The number of nitrogens with zero attached hydrogens (tertiary/aromatic N) is 1. The lowest BCUT2D eigenvalue weighted by molar-refractivity contribution is -0.682. The number of nitrogens with one attached hydrogen (secondary N) is 1. The van der Waals surface area contributed by atoms with Crippen LogP contribution in [0, 0.1) is 11.3 Å². The van der Waals surface area contributed by atoms with Crippen LogP contribution in [-0.4, -0.2) is 12.5 Å². The zero-order chi connectivity index (χ0) is 17.8. The molecule has 0 bridgehead atoms. The first-order valence-electron chi connectivity index (χ1n) is 8.52. The van der Waals surface area contributed by atoms with Crippen LogP contribution < -0.4 is 10.6 Å². The van der Waals surface area contributed by atoms with Gasteiger partial charge >= 0.3 is 0 Å². The second kappa shape index (κ2) is 8.01. The van der Waals surface area contributed by atoms with E-state index in [1.54, 1.807) is 11.3 Å². The predicted molar refractivity (Wildman–Crippen MR) is 101 cm³/mol. The molecule has 4 nitrogen and oxygen atoms in total. The van der Waals surface area contributed by atoms with E-state index in [-0.39, 0.29) is 11.9 Å². The Morgan fingerprint density at radius 3 is 2.92 bits per heavy atom. The number of anilines is 1. The highest BCUT2D eigenvalue weighted by atomic mass is 35.5. The molecule has 3 N–H and O–H groups in total.